The zero-order chi connectivity index (χ0) is 24.8. The summed E-state index contributed by atoms with van der Waals surface area (Å²) in [6.45, 7) is 6.50. The van der Waals surface area contributed by atoms with Gasteiger partial charge in [0.25, 0.3) is 5.91 Å². The minimum Gasteiger partial charge on any atom is -0.394 e. The van der Waals surface area contributed by atoms with Gasteiger partial charge in [0.05, 0.1) is 25.4 Å². The summed E-state index contributed by atoms with van der Waals surface area (Å²) >= 11 is 0. The van der Waals surface area contributed by atoms with Crippen LogP contribution >= 0.6 is 0 Å². The van der Waals surface area contributed by atoms with Gasteiger partial charge in [-0.15, -0.1) is 0 Å². The van der Waals surface area contributed by atoms with Gasteiger partial charge in [-0.3, -0.25) is 9.69 Å². The first-order valence-corrected chi connectivity index (χ1v) is 12.4. The van der Waals surface area contributed by atoms with Crippen molar-refractivity contribution in [1.29, 1.82) is 0 Å². The molecule has 4 rings (SSSR count). The minimum atomic E-state index is -0.295. The Morgan fingerprint density at radius 3 is 2.31 bits per heavy atom. The first-order chi connectivity index (χ1) is 17.0. The standard InChI is InChI=1S/C30H36N2O3/c1-22-17-32(23(2)20-33)30(34)28-16-10-9-15-27(28)26-14-8-7-13-25(26)21-35-29(22)19-31(3)18-24-11-5-4-6-12-24/h4-16,22-23,29,33H,17-21H2,1-3H3/t22-,23+,29+/m0/s1. The lowest BCUT2D eigenvalue weighted by atomic mass is 9.94. The second kappa shape index (κ2) is 11.6. The molecule has 5 nitrogen and oxygen atoms in total. The third kappa shape index (κ3) is 5.99. The molecule has 0 unspecified atom stereocenters. The molecule has 0 bridgehead atoms. The molecule has 3 aromatic carbocycles. The Labute approximate surface area is 209 Å². The van der Waals surface area contributed by atoms with E-state index in [0.29, 0.717) is 18.7 Å². The molecule has 3 atom stereocenters. The number of aliphatic hydroxyl groups excluding tert-OH is 1. The van der Waals surface area contributed by atoms with Crippen molar-refractivity contribution in [2.45, 2.75) is 39.1 Å². The molecule has 1 N–H and O–H groups in total. The number of aliphatic hydroxyl groups is 1. The molecular weight excluding hydrogens is 436 g/mol. The number of ether oxygens (including phenoxy) is 1. The highest BCUT2D eigenvalue weighted by Gasteiger charge is 2.30. The largest absolute Gasteiger partial charge is 0.394 e. The maximum absolute atomic E-state index is 13.9. The quantitative estimate of drug-likeness (QED) is 0.558. The van der Waals surface area contributed by atoms with Gasteiger partial charge in [-0.05, 0) is 42.3 Å². The SMILES string of the molecule is C[C@H](CO)N1C[C@H](C)[C@@H](CN(C)Cc2ccccc2)OCc2ccccc2-c2ccccc2C1=O. The van der Waals surface area contributed by atoms with E-state index >= 15 is 0 Å². The number of rotatable bonds is 6. The molecule has 0 saturated carbocycles. The molecule has 0 saturated heterocycles. The van der Waals surface area contributed by atoms with Crippen LogP contribution in [0.25, 0.3) is 11.1 Å². The van der Waals surface area contributed by atoms with Crippen LogP contribution in [0, 0.1) is 5.92 Å². The number of hydrogen-bond acceptors (Lipinski definition) is 4. The molecular formula is C30H36N2O3. The maximum Gasteiger partial charge on any atom is 0.254 e. The van der Waals surface area contributed by atoms with Crippen molar-refractivity contribution in [1.82, 2.24) is 9.80 Å². The number of benzene rings is 3. The Bertz CT molecular complexity index is 1120. The van der Waals surface area contributed by atoms with Crippen LogP contribution < -0.4 is 0 Å². The van der Waals surface area contributed by atoms with Crippen LogP contribution in [0.3, 0.4) is 0 Å². The molecule has 0 aliphatic carbocycles. The van der Waals surface area contributed by atoms with Crippen molar-refractivity contribution in [2.75, 3.05) is 26.7 Å². The molecule has 1 aliphatic heterocycles. The Morgan fingerprint density at radius 2 is 1.60 bits per heavy atom. The number of amides is 1. The van der Waals surface area contributed by atoms with Gasteiger partial charge in [-0.1, -0.05) is 79.7 Å². The predicted molar refractivity (Wildman–Crippen MR) is 140 cm³/mol. The van der Waals surface area contributed by atoms with Crippen molar-refractivity contribution in [3.8, 4) is 11.1 Å². The number of fused-ring (bicyclic) bond motifs is 3. The maximum atomic E-state index is 13.9. The predicted octanol–water partition coefficient (Wildman–Crippen LogP) is 4.84. The topological polar surface area (TPSA) is 53.0 Å². The van der Waals surface area contributed by atoms with E-state index in [9.17, 15) is 9.90 Å². The number of carbonyl (C=O) groups is 1. The lowest BCUT2D eigenvalue weighted by Crippen LogP contribution is -2.47. The summed E-state index contributed by atoms with van der Waals surface area (Å²) in [4.78, 5) is 17.9. The molecule has 3 aromatic rings. The Hall–Kier alpha value is -2.99. The number of likely N-dealkylation sites (N-methyl/N-ethyl adjacent to an activating group) is 1. The molecule has 1 heterocycles. The summed E-state index contributed by atoms with van der Waals surface area (Å²) in [7, 11) is 2.11. The van der Waals surface area contributed by atoms with Crippen LogP contribution in [0.1, 0.15) is 35.3 Å². The smallest absolute Gasteiger partial charge is 0.254 e. The second-order valence-electron chi connectivity index (χ2n) is 9.70. The molecule has 1 aliphatic rings. The van der Waals surface area contributed by atoms with E-state index in [0.717, 1.165) is 29.8 Å². The second-order valence-corrected chi connectivity index (χ2v) is 9.70. The van der Waals surface area contributed by atoms with Crippen molar-refractivity contribution >= 4 is 5.91 Å². The van der Waals surface area contributed by atoms with Gasteiger partial charge in [-0.25, -0.2) is 0 Å². The minimum absolute atomic E-state index is 0.0536. The van der Waals surface area contributed by atoms with E-state index in [1.54, 1.807) is 0 Å². The first-order valence-electron chi connectivity index (χ1n) is 12.4. The molecule has 0 spiro atoms. The van der Waals surface area contributed by atoms with Crippen LogP contribution in [0.15, 0.2) is 78.9 Å². The normalized spacial score (nSPS) is 19.6. The summed E-state index contributed by atoms with van der Waals surface area (Å²) in [5.41, 5.74) is 4.90. The van der Waals surface area contributed by atoms with Gasteiger partial charge < -0.3 is 14.7 Å². The molecule has 0 radical (unpaired) electrons. The van der Waals surface area contributed by atoms with E-state index in [4.69, 9.17) is 4.74 Å². The van der Waals surface area contributed by atoms with E-state index in [1.807, 2.05) is 54.3 Å². The highest BCUT2D eigenvalue weighted by atomic mass is 16.5. The average Bonchev–Trinajstić information content (AvgIpc) is 2.90. The monoisotopic (exact) mass is 472 g/mol. The zero-order valence-corrected chi connectivity index (χ0v) is 20.9. The van der Waals surface area contributed by atoms with Crippen molar-refractivity contribution in [3.63, 3.8) is 0 Å². The van der Waals surface area contributed by atoms with Gasteiger partial charge in [0.15, 0.2) is 0 Å². The molecule has 0 aromatic heterocycles. The summed E-state index contributed by atoms with van der Waals surface area (Å²) in [5, 5.41) is 9.98. The molecule has 0 fully saturated rings. The van der Waals surface area contributed by atoms with E-state index in [1.165, 1.54) is 5.56 Å². The van der Waals surface area contributed by atoms with Gasteiger partial charge in [0.1, 0.15) is 0 Å². The van der Waals surface area contributed by atoms with Crippen LogP contribution in [0.5, 0.6) is 0 Å². The van der Waals surface area contributed by atoms with Crippen LogP contribution in [0.4, 0.5) is 0 Å². The average molecular weight is 473 g/mol. The third-order valence-electron chi connectivity index (χ3n) is 6.88. The molecule has 184 valence electrons. The highest BCUT2D eigenvalue weighted by Crippen LogP contribution is 2.31. The fourth-order valence-corrected chi connectivity index (χ4v) is 4.82. The number of carbonyl (C=O) groups excluding carboxylic acids is 1. The van der Waals surface area contributed by atoms with Gasteiger partial charge in [0, 0.05) is 31.1 Å². The molecule has 1 amide bonds. The summed E-state index contributed by atoms with van der Waals surface area (Å²) in [6, 6.07) is 26.0. The van der Waals surface area contributed by atoms with Crippen molar-refractivity contribution in [2.24, 2.45) is 5.92 Å². The van der Waals surface area contributed by atoms with Crippen LogP contribution in [-0.2, 0) is 17.9 Å². The molecule has 35 heavy (non-hydrogen) atoms. The van der Waals surface area contributed by atoms with Crippen molar-refractivity contribution in [3.05, 3.63) is 95.6 Å². The first kappa shape index (κ1) is 25.1. The fourth-order valence-electron chi connectivity index (χ4n) is 4.82. The lowest BCUT2D eigenvalue weighted by Gasteiger charge is -2.35. The van der Waals surface area contributed by atoms with E-state index in [2.05, 4.69) is 55.3 Å². The fraction of sp³-hybridized carbons (Fsp3) is 0.367. The lowest BCUT2D eigenvalue weighted by molar-refractivity contribution is -0.0241. The third-order valence-corrected chi connectivity index (χ3v) is 6.88. The van der Waals surface area contributed by atoms with Gasteiger partial charge in [0.2, 0.25) is 0 Å². The van der Waals surface area contributed by atoms with Gasteiger partial charge in [-0.2, -0.15) is 0 Å². The van der Waals surface area contributed by atoms with Crippen LogP contribution in [-0.4, -0.2) is 59.7 Å². The Morgan fingerprint density at radius 1 is 0.971 bits per heavy atom. The van der Waals surface area contributed by atoms with E-state index in [-0.39, 0.29) is 30.6 Å². The van der Waals surface area contributed by atoms with Gasteiger partial charge >= 0.3 is 0 Å². The van der Waals surface area contributed by atoms with Crippen LogP contribution in [0.2, 0.25) is 0 Å². The van der Waals surface area contributed by atoms with E-state index < -0.39 is 0 Å². The highest BCUT2D eigenvalue weighted by molar-refractivity contribution is 6.01. The molecule has 5 heteroatoms. The summed E-state index contributed by atoms with van der Waals surface area (Å²) in [6.07, 6.45) is -0.0841. The Balaban J connectivity index is 1.68. The number of hydrogen-bond donors (Lipinski definition) is 1. The Kier molecular flexibility index (Phi) is 8.34. The summed E-state index contributed by atoms with van der Waals surface area (Å²) in [5.74, 6) is 0.0192. The number of nitrogens with zero attached hydrogens (tertiary/aromatic N) is 2. The van der Waals surface area contributed by atoms with Crippen molar-refractivity contribution < 1.29 is 14.6 Å². The summed E-state index contributed by atoms with van der Waals surface area (Å²) < 4.78 is 6.59. The zero-order valence-electron chi connectivity index (χ0n) is 20.9.